The molecule has 0 radical (unpaired) electrons. The lowest BCUT2D eigenvalue weighted by atomic mass is 10.1. The van der Waals surface area contributed by atoms with Gasteiger partial charge in [-0.1, -0.05) is 31.9 Å². The van der Waals surface area contributed by atoms with Crippen LogP contribution in [0.15, 0.2) is 57.5 Å². The monoisotopic (exact) mass is 534 g/mol. The Hall–Kier alpha value is -2.45. The lowest BCUT2D eigenvalue weighted by Crippen LogP contribution is -2.15. The van der Waals surface area contributed by atoms with E-state index in [1.54, 1.807) is 34.9 Å². The first-order valence-corrected chi connectivity index (χ1v) is 10.8. The molecule has 0 bridgehead atoms. The molecule has 5 rings (SSSR count). The van der Waals surface area contributed by atoms with E-state index in [0.29, 0.717) is 52.7 Å². The van der Waals surface area contributed by atoms with Gasteiger partial charge in [0.1, 0.15) is 30.7 Å². The Bertz CT molecular complexity index is 1290. The molecule has 0 aliphatic carbocycles. The SMILES string of the molecule is Fc1ccc(Br)cc1Cn1c(-c2cc(Br)ccc2F)nc2cc3c(cc21)OCCO3. The third kappa shape index (κ3) is 3.48. The fourth-order valence-electron chi connectivity index (χ4n) is 3.53. The van der Waals surface area contributed by atoms with Crippen LogP contribution in [0.4, 0.5) is 8.78 Å². The van der Waals surface area contributed by atoms with Crippen molar-refractivity contribution in [2.75, 3.05) is 13.2 Å². The van der Waals surface area contributed by atoms with Crippen LogP contribution >= 0.6 is 31.9 Å². The quantitative estimate of drug-likeness (QED) is 0.308. The summed E-state index contributed by atoms with van der Waals surface area (Å²) in [6.45, 7) is 1.07. The van der Waals surface area contributed by atoms with Gasteiger partial charge < -0.3 is 14.0 Å². The zero-order chi connectivity index (χ0) is 20.8. The number of hydrogen-bond donors (Lipinski definition) is 0. The maximum absolute atomic E-state index is 14.7. The van der Waals surface area contributed by atoms with E-state index in [0.717, 1.165) is 8.95 Å². The predicted molar refractivity (Wildman–Crippen MR) is 117 cm³/mol. The first-order chi connectivity index (χ1) is 14.5. The molecule has 0 unspecified atom stereocenters. The molecule has 2 heterocycles. The first kappa shape index (κ1) is 19.5. The molecule has 1 aliphatic heterocycles. The molecule has 30 heavy (non-hydrogen) atoms. The van der Waals surface area contributed by atoms with E-state index in [9.17, 15) is 8.78 Å². The van der Waals surface area contributed by atoms with Crippen LogP contribution in [-0.2, 0) is 6.54 Å². The maximum atomic E-state index is 14.7. The van der Waals surface area contributed by atoms with Gasteiger partial charge in [0.25, 0.3) is 0 Å². The molecule has 0 atom stereocenters. The maximum Gasteiger partial charge on any atom is 0.163 e. The number of rotatable bonds is 3. The Morgan fingerprint density at radius 1 is 0.867 bits per heavy atom. The Morgan fingerprint density at radius 3 is 2.30 bits per heavy atom. The van der Waals surface area contributed by atoms with E-state index in [4.69, 9.17) is 9.47 Å². The fraction of sp³-hybridized carbons (Fsp3) is 0.136. The first-order valence-electron chi connectivity index (χ1n) is 9.19. The van der Waals surface area contributed by atoms with Crippen molar-refractivity contribution in [1.29, 1.82) is 0 Å². The van der Waals surface area contributed by atoms with Gasteiger partial charge >= 0.3 is 0 Å². The van der Waals surface area contributed by atoms with E-state index in [1.165, 1.54) is 12.1 Å². The summed E-state index contributed by atoms with van der Waals surface area (Å²) in [5.74, 6) is 0.810. The summed E-state index contributed by atoms with van der Waals surface area (Å²) < 4.78 is 43.9. The minimum absolute atomic E-state index is 0.169. The van der Waals surface area contributed by atoms with Crippen molar-refractivity contribution in [3.05, 3.63) is 74.7 Å². The number of nitrogens with zero attached hydrogens (tertiary/aromatic N) is 2. The molecule has 1 aromatic heterocycles. The van der Waals surface area contributed by atoms with Gasteiger partial charge in [0.05, 0.1) is 23.1 Å². The van der Waals surface area contributed by atoms with Crippen molar-refractivity contribution in [2.24, 2.45) is 0 Å². The lowest BCUT2D eigenvalue weighted by Gasteiger charge is -2.18. The van der Waals surface area contributed by atoms with Crippen LogP contribution in [0, 0.1) is 11.6 Å². The van der Waals surface area contributed by atoms with Gasteiger partial charge in [0, 0.05) is 26.6 Å². The molecule has 1 aliphatic rings. The molecule has 0 saturated carbocycles. The number of halogens is 4. The van der Waals surface area contributed by atoms with Crippen LogP contribution in [0.25, 0.3) is 22.4 Å². The van der Waals surface area contributed by atoms with Gasteiger partial charge in [-0.3, -0.25) is 0 Å². The molecular weight excluding hydrogens is 522 g/mol. The molecule has 0 N–H and O–H groups in total. The van der Waals surface area contributed by atoms with Crippen molar-refractivity contribution < 1.29 is 18.3 Å². The highest BCUT2D eigenvalue weighted by Gasteiger charge is 2.21. The highest BCUT2D eigenvalue weighted by molar-refractivity contribution is 9.10. The predicted octanol–water partition coefficient (Wildman–Crippen LogP) is 6.33. The number of aromatic nitrogens is 2. The summed E-state index contributed by atoms with van der Waals surface area (Å²) in [7, 11) is 0. The molecule has 8 heteroatoms. The number of benzene rings is 3. The number of fused-ring (bicyclic) bond motifs is 2. The third-order valence-corrected chi connectivity index (χ3v) is 5.90. The van der Waals surface area contributed by atoms with Gasteiger partial charge in [0.2, 0.25) is 0 Å². The van der Waals surface area contributed by atoms with E-state index >= 15 is 0 Å². The fourth-order valence-corrected chi connectivity index (χ4v) is 4.30. The summed E-state index contributed by atoms with van der Waals surface area (Å²) in [5.41, 5.74) is 2.09. The summed E-state index contributed by atoms with van der Waals surface area (Å²) in [4.78, 5) is 4.67. The second kappa shape index (κ2) is 7.67. The van der Waals surface area contributed by atoms with E-state index in [2.05, 4.69) is 36.8 Å². The van der Waals surface area contributed by atoms with Gasteiger partial charge in [0.15, 0.2) is 11.5 Å². The van der Waals surface area contributed by atoms with Crippen LogP contribution in [0.1, 0.15) is 5.56 Å². The molecule has 3 aromatic carbocycles. The minimum atomic E-state index is -0.415. The second-order valence-corrected chi connectivity index (χ2v) is 8.70. The van der Waals surface area contributed by atoms with Gasteiger partial charge in [-0.2, -0.15) is 0 Å². The summed E-state index contributed by atoms with van der Waals surface area (Å²) in [5, 5.41) is 0. The van der Waals surface area contributed by atoms with Crippen LogP contribution in [0.2, 0.25) is 0 Å². The van der Waals surface area contributed by atoms with Crippen molar-refractivity contribution in [1.82, 2.24) is 9.55 Å². The average molecular weight is 536 g/mol. The Balaban J connectivity index is 1.76. The van der Waals surface area contributed by atoms with Gasteiger partial charge in [-0.05, 0) is 36.4 Å². The number of ether oxygens (including phenoxy) is 2. The smallest absolute Gasteiger partial charge is 0.163 e. The van der Waals surface area contributed by atoms with Crippen molar-refractivity contribution in [3.63, 3.8) is 0 Å². The van der Waals surface area contributed by atoms with Gasteiger partial charge in [-0.15, -0.1) is 0 Å². The largest absolute Gasteiger partial charge is 0.486 e. The normalized spacial score (nSPS) is 13.1. The minimum Gasteiger partial charge on any atom is -0.486 e. The summed E-state index contributed by atoms with van der Waals surface area (Å²) >= 11 is 6.78. The average Bonchev–Trinajstić information content (AvgIpc) is 3.08. The van der Waals surface area contributed by atoms with E-state index in [1.807, 2.05) is 6.07 Å². The second-order valence-electron chi connectivity index (χ2n) is 6.87. The van der Waals surface area contributed by atoms with Crippen molar-refractivity contribution in [2.45, 2.75) is 6.54 Å². The summed E-state index contributed by atoms with van der Waals surface area (Å²) in [6, 6.07) is 13.0. The molecule has 4 nitrogen and oxygen atoms in total. The molecule has 152 valence electrons. The Kier molecular flexibility index (Phi) is 4.99. The molecule has 0 amide bonds. The van der Waals surface area contributed by atoms with E-state index in [-0.39, 0.29) is 12.4 Å². The molecule has 0 spiro atoms. The number of imidazole rings is 1. The Labute approximate surface area is 187 Å². The highest BCUT2D eigenvalue weighted by atomic mass is 79.9. The zero-order valence-corrected chi connectivity index (χ0v) is 18.6. The third-order valence-electron chi connectivity index (χ3n) is 4.92. The Morgan fingerprint density at radius 2 is 1.53 bits per heavy atom. The van der Waals surface area contributed by atoms with Gasteiger partial charge in [-0.25, -0.2) is 13.8 Å². The van der Waals surface area contributed by atoms with Crippen LogP contribution in [-0.4, -0.2) is 22.8 Å². The van der Waals surface area contributed by atoms with Crippen LogP contribution < -0.4 is 9.47 Å². The highest BCUT2D eigenvalue weighted by Crippen LogP contribution is 2.37. The standard InChI is InChI=1S/C22H14Br2F2N2O2/c23-13-1-3-16(25)12(7-13)11-28-19-10-21-20(29-5-6-30-21)9-18(19)27-22(28)15-8-14(24)2-4-17(15)26/h1-4,7-10H,5-6,11H2. The zero-order valence-electron chi connectivity index (χ0n) is 15.5. The molecular formula is C22H14Br2F2N2O2. The van der Waals surface area contributed by atoms with Crippen LogP contribution in [0.5, 0.6) is 11.5 Å². The summed E-state index contributed by atoms with van der Waals surface area (Å²) in [6.07, 6.45) is 0. The van der Waals surface area contributed by atoms with E-state index < -0.39 is 5.82 Å². The number of hydrogen-bond acceptors (Lipinski definition) is 3. The lowest BCUT2D eigenvalue weighted by molar-refractivity contribution is 0.172. The molecule has 0 fully saturated rings. The molecule has 0 saturated heterocycles. The van der Waals surface area contributed by atoms with Crippen molar-refractivity contribution >= 4 is 42.9 Å². The van der Waals surface area contributed by atoms with Crippen molar-refractivity contribution in [3.8, 4) is 22.9 Å². The topological polar surface area (TPSA) is 36.3 Å². The van der Waals surface area contributed by atoms with Crippen LogP contribution in [0.3, 0.4) is 0 Å². The molecule has 4 aromatic rings.